The number of H-pyrrole nitrogens is 2. The van der Waals surface area contributed by atoms with Gasteiger partial charge in [0.1, 0.15) is 25.4 Å². The Hall–Kier alpha value is -7.82. The molecule has 6 aromatic rings. The van der Waals surface area contributed by atoms with E-state index in [0.29, 0.717) is 0 Å². The fourth-order valence-corrected chi connectivity index (χ4v) is 9.60. The summed E-state index contributed by atoms with van der Waals surface area (Å²) >= 11 is 0. The lowest BCUT2D eigenvalue weighted by Crippen LogP contribution is -2.42. The van der Waals surface area contributed by atoms with E-state index in [1.807, 2.05) is 9.97 Å². The molecule has 2 N–H and O–H groups in total. The van der Waals surface area contributed by atoms with E-state index in [-0.39, 0.29) is 22.3 Å². The summed E-state index contributed by atoms with van der Waals surface area (Å²) in [7, 11) is -10.6. The number of ether oxygens (including phenoxy) is 6. The van der Waals surface area contributed by atoms with Crippen molar-refractivity contribution in [3.05, 3.63) is 210 Å². The normalized spacial score (nSPS) is 21.7. The molecular weight excluding hydrogens is 1040 g/mol. The minimum Gasteiger partial charge on any atom is -0.452 e. The summed E-state index contributed by atoms with van der Waals surface area (Å²) in [5, 5.41) is 0. The summed E-state index contributed by atoms with van der Waals surface area (Å²) in [6.45, 7) is -1.70. The fraction of sp³-hybridized carbons (Fsp3) is 0.217. The predicted molar refractivity (Wildman–Crippen MR) is 250 cm³/mol. The van der Waals surface area contributed by atoms with Crippen LogP contribution in [0.4, 0.5) is 0 Å². The van der Waals surface area contributed by atoms with Gasteiger partial charge in [-0.3, -0.25) is 28.7 Å². The van der Waals surface area contributed by atoms with Crippen LogP contribution in [0.1, 0.15) is 53.9 Å². The smallest absolute Gasteiger partial charge is 0.452 e. The first-order valence-corrected chi connectivity index (χ1v) is 25.0. The molecule has 8 rings (SSSR count). The SMILES string of the molecule is O=C(O[C@@H]1[C@H](OC(=O)c2ccccc2)[C@@H](n2ccc(=O)[nH]c2=O)O[C@H]1CO[P+](=O)O[P+](=O)O[P+](=O)OC[C@H]1O[C@@H](n2ccc(=O)[nH]c2=O)[C@H](OC(=O)c2ccccc2)[C@@H]1OC(=O)c1ccccc1)c1ccccc1. The highest BCUT2D eigenvalue weighted by Crippen LogP contribution is 2.48. The lowest BCUT2D eigenvalue weighted by Gasteiger charge is -2.24. The quantitative estimate of drug-likeness (QED) is 0.0588. The van der Waals surface area contributed by atoms with Crippen LogP contribution >= 0.6 is 24.8 Å². The summed E-state index contributed by atoms with van der Waals surface area (Å²) in [6.07, 6.45) is -10.8. The van der Waals surface area contributed by atoms with Crippen LogP contribution in [0, 0.1) is 0 Å². The van der Waals surface area contributed by atoms with Gasteiger partial charge in [0.15, 0.2) is 45.5 Å². The summed E-state index contributed by atoms with van der Waals surface area (Å²) in [6, 6.07) is 32.2. The lowest BCUT2D eigenvalue weighted by atomic mass is 10.1. The molecule has 0 saturated carbocycles. The van der Waals surface area contributed by atoms with Crippen LogP contribution in [0.15, 0.2) is 165 Å². The van der Waals surface area contributed by atoms with Crippen molar-refractivity contribution in [2.45, 2.75) is 49.1 Å². The maximum absolute atomic E-state index is 13.4. The zero-order valence-corrected chi connectivity index (χ0v) is 40.4. The van der Waals surface area contributed by atoms with Crippen molar-refractivity contribution in [1.82, 2.24) is 19.1 Å². The molecule has 2 aliphatic rings. The molecule has 0 amide bonds. The van der Waals surface area contributed by atoms with E-state index in [1.165, 1.54) is 48.5 Å². The number of carbonyl (C=O) groups is 4. The summed E-state index contributed by atoms with van der Waals surface area (Å²) in [4.78, 5) is 108. The van der Waals surface area contributed by atoms with Crippen molar-refractivity contribution in [1.29, 1.82) is 0 Å². The van der Waals surface area contributed by atoms with Crippen molar-refractivity contribution in [3.8, 4) is 0 Å². The number of rotatable bonds is 20. The van der Waals surface area contributed by atoms with Crippen LogP contribution in [0.5, 0.6) is 0 Å². The molecule has 2 fully saturated rings. The third kappa shape index (κ3) is 13.0. The number of esters is 4. The topological polar surface area (TPSA) is 322 Å². The molecule has 25 nitrogen and oxygen atoms in total. The standard InChI is InChI=1S/C46H36N4O21P3/c51-33-21-23-49(45(57)47-33)39-37(68-43(55)29-17-9-3-10-18-29)35(66-41(53)27-13-5-1-6-14-27)31(64-39)25-62-72(59)70-74(61)71-73(60)63-26-32-36(67-42(54)28-15-7-2-8-16-28)38(69-44(56)30-19-11-4-12-20-30)40(65-32)50-24-22-34(52)48-46(50)58/h1-24,31-32,35-40H,25-26H2/q+1/p+2/t31-,32+,35-,36+,37-,38+,39-,40+. The van der Waals surface area contributed by atoms with Gasteiger partial charge in [-0.15, -0.1) is 9.05 Å². The number of hydrogen-bond donors (Lipinski definition) is 2. The zero-order chi connectivity index (χ0) is 52.3. The van der Waals surface area contributed by atoms with Gasteiger partial charge in [0.25, 0.3) is 11.1 Å². The first-order valence-electron chi connectivity index (χ1n) is 21.7. The molecule has 2 saturated heterocycles. The van der Waals surface area contributed by atoms with Gasteiger partial charge in [0.2, 0.25) is 0 Å². The molecule has 0 spiro atoms. The van der Waals surface area contributed by atoms with Crippen molar-refractivity contribution in [3.63, 3.8) is 0 Å². The van der Waals surface area contributed by atoms with E-state index in [4.69, 9.17) is 46.1 Å². The highest BCUT2D eigenvalue weighted by molar-refractivity contribution is 7.53. The Morgan fingerprint density at radius 2 is 0.730 bits per heavy atom. The zero-order valence-electron chi connectivity index (χ0n) is 37.7. The molecule has 0 aliphatic carbocycles. The fourth-order valence-electron chi connectivity index (χ4n) is 7.43. The molecule has 2 aliphatic heterocycles. The van der Waals surface area contributed by atoms with E-state index >= 15 is 0 Å². The van der Waals surface area contributed by atoms with Crippen LogP contribution in [0.3, 0.4) is 0 Å². The van der Waals surface area contributed by atoms with Gasteiger partial charge in [0.05, 0.1) is 22.3 Å². The second kappa shape index (κ2) is 24.3. The van der Waals surface area contributed by atoms with Gasteiger partial charge in [-0.1, -0.05) is 72.8 Å². The highest BCUT2D eigenvalue weighted by Gasteiger charge is 2.56. The van der Waals surface area contributed by atoms with E-state index in [9.17, 15) is 52.1 Å². The van der Waals surface area contributed by atoms with Gasteiger partial charge in [0, 0.05) is 38.2 Å². The molecule has 4 aromatic carbocycles. The Bertz CT molecular complexity index is 3070. The summed E-state index contributed by atoms with van der Waals surface area (Å²) in [5.41, 5.74) is -3.40. The summed E-state index contributed by atoms with van der Waals surface area (Å²) in [5.74, 6) is -3.79. The third-order valence-electron chi connectivity index (χ3n) is 10.8. The molecule has 4 heterocycles. The molecule has 380 valence electrons. The molecule has 3 unspecified atom stereocenters. The number of aromatic nitrogens is 4. The van der Waals surface area contributed by atoms with Crippen LogP contribution in [-0.4, -0.2) is 92.8 Å². The predicted octanol–water partition coefficient (Wildman–Crippen LogP) is 4.82. The van der Waals surface area contributed by atoms with Gasteiger partial charge in [-0.2, -0.15) is 0 Å². The van der Waals surface area contributed by atoms with Crippen LogP contribution in [-0.2, 0) is 59.8 Å². The van der Waals surface area contributed by atoms with Crippen molar-refractivity contribution >= 4 is 48.6 Å². The van der Waals surface area contributed by atoms with Crippen molar-refractivity contribution in [2.75, 3.05) is 13.2 Å². The van der Waals surface area contributed by atoms with Gasteiger partial charge in [-0.25, -0.2) is 28.8 Å². The molecule has 0 radical (unpaired) electrons. The van der Waals surface area contributed by atoms with Crippen LogP contribution < -0.4 is 22.5 Å². The average Bonchev–Trinajstić information content (AvgIpc) is 3.90. The largest absolute Gasteiger partial charge is 0.798 e. The maximum Gasteiger partial charge on any atom is 0.798 e. The molecular formula is C46H38N4O21P3+3. The first-order chi connectivity index (χ1) is 35.7. The van der Waals surface area contributed by atoms with E-state index in [0.717, 1.165) is 33.7 Å². The number of hydrogen-bond acceptors (Lipinski definition) is 21. The Kier molecular flexibility index (Phi) is 17.2. The lowest BCUT2D eigenvalue weighted by molar-refractivity contribution is -0.0581. The monoisotopic (exact) mass is 1080 g/mol. The Labute approximate surface area is 417 Å². The minimum absolute atomic E-state index is 0.0448. The first kappa shape index (κ1) is 52.5. The number of nitrogens with zero attached hydrogens (tertiary/aromatic N) is 2. The Morgan fingerprint density at radius 3 is 1.03 bits per heavy atom. The number of nitrogens with one attached hydrogen (secondary N) is 2. The van der Waals surface area contributed by atoms with E-state index in [1.54, 1.807) is 72.8 Å². The molecule has 0 bridgehead atoms. The van der Waals surface area contributed by atoms with Gasteiger partial charge in [-0.05, 0) is 48.5 Å². The Morgan fingerprint density at radius 1 is 0.432 bits per heavy atom. The van der Waals surface area contributed by atoms with Gasteiger partial charge < -0.3 is 28.4 Å². The second-order valence-corrected chi connectivity index (χ2v) is 18.7. The highest BCUT2D eigenvalue weighted by atomic mass is 31.2. The Balaban J connectivity index is 0.958. The maximum atomic E-state index is 13.4. The average molecular weight is 1080 g/mol. The van der Waals surface area contributed by atoms with Crippen LogP contribution in [0.2, 0.25) is 0 Å². The number of carbonyl (C=O) groups excluding carboxylic acids is 4. The van der Waals surface area contributed by atoms with Crippen molar-refractivity contribution < 1.29 is 79.0 Å². The second-order valence-electron chi connectivity index (χ2n) is 15.5. The van der Waals surface area contributed by atoms with E-state index in [2.05, 4.69) is 0 Å². The van der Waals surface area contributed by atoms with Gasteiger partial charge >= 0.3 is 60.0 Å². The molecule has 74 heavy (non-hydrogen) atoms. The molecule has 11 atom stereocenters. The van der Waals surface area contributed by atoms with Crippen molar-refractivity contribution in [2.24, 2.45) is 0 Å². The number of benzene rings is 4. The third-order valence-corrected chi connectivity index (χ3v) is 13.6. The van der Waals surface area contributed by atoms with E-state index < -0.39 is 133 Å². The number of aromatic amines is 2. The molecule has 2 aromatic heterocycles. The minimum atomic E-state index is -3.63. The summed E-state index contributed by atoms with van der Waals surface area (Å²) < 4.78 is 96.1. The molecule has 28 heteroatoms. The van der Waals surface area contributed by atoms with Crippen LogP contribution in [0.25, 0.3) is 0 Å².